The van der Waals surface area contributed by atoms with Gasteiger partial charge in [0.2, 0.25) is 0 Å². The molecule has 0 saturated carbocycles. The third-order valence-electron chi connectivity index (χ3n) is 3.74. The molecule has 0 fully saturated rings. The van der Waals surface area contributed by atoms with Crippen LogP contribution in [0.15, 0.2) is 15.9 Å². The lowest BCUT2D eigenvalue weighted by atomic mass is 10.4. The Labute approximate surface area is 121 Å². The van der Waals surface area contributed by atoms with Crippen LogP contribution in [0.25, 0.3) is 11.2 Å². The highest BCUT2D eigenvalue weighted by molar-refractivity contribution is 5.69. The molecule has 0 aromatic carbocycles. The van der Waals surface area contributed by atoms with E-state index in [-0.39, 0.29) is 17.9 Å². The number of hydrogen-bond donors (Lipinski definition) is 1. The first-order valence-corrected chi connectivity index (χ1v) is 6.95. The van der Waals surface area contributed by atoms with Crippen LogP contribution in [0.3, 0.4) is 0 Å². The molecule has 0 spiro atoms. The van der Waals surface area contributed by atoms with Crippen LogP contribution < -0.4 is 11.2 Å². The molecule has 8 heteroatoms. The minimum atomic E-state index is -0.381. The van der Waals surface area contributed by atoms with Gasteiger partial charge in [-0.05, 0) is 6.54 Å². The van der Waals surface area contributed by atoms with E-state index in [9.17, 15) is 9.59 Å². The standard InChI is InChI=1S/C13H21N5O3/c1-4-17(7-8-19)5-6-18-9-14-11-10(18)12(20)16(3)13(21)15(11)2/h9,19H,4-8H2,1-3H3. The highest BCUT2D eigenvalue weighted by atomic mass is 16.3. The number of aliphatic hydroxyl groups is 1. The zero-order chi connectivity index (χ0) is 15.6. The van der Waals surface area contributed by atoms with Crippen molar-refractivity contribution in [3.05, 3.63) is 27.2 Å². The van der Waals surface area contributed by atoms with Crippen molar-refractivity contribution in [1.82, 2.24) is 23.6 Å². The lowest BCUT2D eigenvalue weighted by Crippen LogP contribution is -2.38. The highest BCUT2D eigenvalue weighted by Gasteiger charge is 2.14. The Balaban J connectivity index is 2.39. The van der Waals surface area contributed by atoms with Gasteiger partial charge in [-0.15, -0.1) is 0 Å². The quantitative estimate of drug-likeness (QED) is 0.719. The van der Waals surface area contributed by atoms with Crippen LogP contribution in [0.5, 0.6) is 0 Å². The summed E-state index contributed by atoms with van der Waals surface area (Å²) in [7, 11) is 3.07. The summed E-state index contributed by atoms with van der Waals surface area (Å²) in [5, 5.41) is 8.99. The van der Waals surface area contributed by atoms with E-state index >= 15 is 0 Å². The Morgan fingerprint density at radius 2 is 1.95 bits per heavy atom. The summed E-state index contributed by atoms with van der Waals surface area (Å²) < 4.78 is 4.22. The zero-order valence-corrected chi connectivity index (χ0v) is 12.6. The first-order valence-electron chi connectivity index (χ1n) is 6.95. The fourth-order valence-electron chi connectivity index (χ4n) is 2.39. The number of hydrogen-bond acceptors (Lipinski definition) is 5. The van der Waals surface area contributed by atoms with E-state index in [0.29, 0.717) is 30.8 Å². The van der Waals surface area contributed by atoms with Gasteiger partial charge in [-0.1, -0.05) is 6.92 Å². The molecular weight excluding hydrogens is 274 g/mol. The van der Waals surface area contributed by atoms with Gasteiger partial charge in [0.05, 0.1) is 12.9 Å². The summed E-state index contributed by atoms with van der Waals surface area (Å²) in [5.74, 6) is 0. The fourth-order valence-corrected chi connectivity index (χ4v) is 2.39. The maximum Gasteiger partial charge on any atom is 0.332 e. The largest absolute Gasteiger partial charge is 0.395 e. The Kier molecular flexibility index (Phi) is 4.59. The number of likely N-dealkylation sites (N-methyl/N-ethyl adjacent to an activating group) is 1. The summed E-state index contributed by atoms with van der Waals surface area (Å²) >= 11 is 0. The van der Waals surface area contributed by atoms with Crippen LogP contribution >= 0.6 is 0 Å². The van der Waals surface area contributed by atoms with E-state index < -0.39 is 0 Å². The second kappa shape index (κ2) is 6.23. The molecule has 8 nitrogen and oxygen atoms in total. The molecule has 0 saturated heterocycles. The average molecular weight is 295 g/mol. The molecule has 0 unspecified atom stereocenters. The number of aliphatic hydroxyl groups excluding tert-OH is 1. The van der Waals surface area contributed by atoms with E-state index in [1.807, 2.05) is 6.92 Å². The molecule has 2 aromatic rings. The van der Waals surface area contributed by atoms with Gasteiger partial charge < -0.3 is 9.67 Å². The van der Waals surface area contributed by atoms with Gasteiger partial charge in [-0.25, -0.2) is 9.78 Å². The predicted molar refractivity (Wildman–Crippen MR) is 79.4 cm³/mol. The molecular formula is C13H21N5O3. The number of imidazole rings is 1. The van der Waals surface area contributed by atoms with E-state index in [4.69, 9.17) is 5.11 Å². The molecule has 2 rings (SSSR count). The fraction of sp³-hybridized carbons (Fsp3) is 0.615. The Hall–Kier alpha value is -1.93. The molecule has 2 heterocycles. The van der Waals surface area contributed by atoms with Gasteiger partial charge in [0.25, 0.3) is 5.56 Å². The number of aryl methyl sites for hydroxylation is 1. The van der Waals surface area contributed by atoms with Crippen LogP contribution in [0.2, 0.25) is 0 Å². The maximum absolute atomic E-state index is 12.3. The number of nitrogens with zero attached hydrogens (tertiary/aromatic N) is 5. The first-order chi connectivity index (χ1) is 10.0. The molecule has 0 amide bonds. The van der Waals surface area contributed by atoms with Gasteiger partial charge in [0.1, 0.15) is 0 Å². The van der Waals surface area contributed by atoms with E-state index in [2.05, 4.69) is 9.88 Å². The van der Waals surface area contributed by atoms with E-state index in [1.54, 1.807) is 17.9 Å². The third kappa shape index (κ3) is 2.77. The summed E-state index contributed by atoms with van der Waals surface area (Å²) in [5.41, 5.74) is 0.108. The Morgan fingerprint density at radius 1 is 1.24 bits per heavy atom. The van der Waals surface area contributed by atoms with Gasteiger partial charge >= 0.3 is 5.69 Å². The maximum atomic E-state index is 12.3. The highest BCUT2D eigenvalue weighted by Crippen LogP contribution is 2.05. The molecule has 116 valence electrons. The van der Waals surface area contributed by atoms with Crippen molar-refractivity contribution in [2.24, 2.45) is 14.1 Å². The lowest BCUT2D eigenvalue weighted by molar-refractivity contribution is 0.198. The molecule has 21 heavy (non-hydrogen) atoms. The lowest BCUT2D eigenvalue weighted by Gasteiger charge is -2.19. The van der Waals surface area contributed by atoms with Crippen molar-refractivity contribution in [1.29, 1.82) is 0 Å². The second-order valence-electron chi connectivity index (χ2n) is 4.97. The summed E-state index contributed by atoms with van der Waals surface area (Å²) in [6, 6.07) is 0. The summed E-state index contributed by atoms with van der Waals surface area (Å²) in [4.78, 5) is 30.4. The Bertz CT molecular complexity index is 743. The van der Waals surface area contributed by atoms with Crippen molar-refractivity contribution in [3.63, 3.8) is 0 Å². The van der Waals surface area contributed by atoms with Crippen molar-refractivity contribution in [2.45, 2.75) is 13.5 Å². The van der Waals surface area contributed by atoms with Crippen molar-refractivity contribution in [3.8, 4) is 0 Å². The molecule has 0 bridgehead atoms. The zero-order valence-electron chi connectivity index (χ0n) is 12.6. The molecule has 0 aliphatic carbocycles. The monoisotopic (exact) mass is 295 g/mol. The van der Waals surface area contributed by atoms with Gasteiger partial charge in [0, 0.05) is 33.7 Å². The molecule has 0 aliphatic rings. The SMILES string of the molecule is CCN(CCO)CCn1cnc2c1c(=O)n(C)c(=O)n2C. The number of fused-ring (bicyclic) bond motifs is 1. The Morgan fingerprint density at radius 3 is 2.57 bits per heavy atom. The van der Waals surface area contributed by atoms with Crippen molar-refractivity contribution >= 4 is 11.2 Å². The van der Waals surface area contributed by atoms with Gasteiger partial charge in [0.15, 0.2) is 11.2 Å². The topological polar surface area (TPSA) is 85.3 Å². The molecule has 0 atom stereocenters. The van der Waals surface area contributed by atoms with Crippen molar-refractivity contribution < 1.29 is 5.11 Å². The van der Waals surface area contributed by atoms with Crippen LogP contribution in [-0.4, -0.2) is 54.9 Å². The summed E-state index contributed by atoms with van der Waals surface area (Å²) in [6.07, 6.45) is 1.58. The smallest absolute Gasteiger partial charge is 0.332 e. The molecule has 1 N–H and O–H groups in total. The van der Waals surface area contributed by atoms with Crippen LogP contribution in [0.1, 0.15) is 6.92 Å². The van der Waals surface area contributed by atoms with E-state index in [1.165, 1.54) is 11.6 Å². The van der Waals surface area contributed by atoms with Gasteiger partial charge in [-0.3, -0.25) is 18.8 Å². The van der Waals surface area contributed by atoms with Crippen LogP contribution in [0.4, 0.5) is 0 Å². The minimum Gasteiger partial charge on any atom is -0.395 e. The van der Waals surface area contributed by atoms with Crippen LogP contribution in [0, 0.1) is 0 Å². The van der Waals surface area contributed by atoms with Crippen molar-refractivity contribution in [2.75, 3.05) is 26.2 Å². The van der Waals surface area contributed by atoms with Gasteiger partial charge in [-0.2, -0.15) is 0 Å². The normalized spacial score (nSPS) is 11.7. The molecule has 0 aliphatic heterocycles. The first kappa shape index (κ1) is 15.5. The average Bonchev–Trinajstić information content (AvgIpc) is 2.91. The number of aromatic nitrogens is 4. The predicted octanol–water partition coefficient (Wildman–Crippen LogP) is -1.25. The summed E-state index contributed by atoms with van der Waals surface area (Å²) in [6.45, 7) is 4.83. The molecule has 0 radical (unpaired) electrons. The number of rotatable bonds is 6. The van der Waals surface area contributed by atoms with E-state index in [0.717, 1.165) is 11.1 Å². The van der Waals surface area contributed by atoms with Crippen LogP contribution in [-0.2, 0) is 20.6 Å². The second-order valence-corrected chi connectivity index (χ2v) is 4.97. The molecule has 2 aromatic heterocycles. The third-order valence-corrected chi connectivity index (χ3v) is 3.74. The minimum absolute atomic E-state index is 0.106.